The molecule has 4 nitrogen and oxygen atoms in total. The van der Waals surface area contributed by atoms with E-state index in [1.54, 1.807) is 0 Å². The Hall–Kier alpha value is -0.940. The molecule has 24 heavy (non-hydrogen) atoms. The molecular weight excluding hydrogens is 300 g/mol. The number of hydrogen-bond acceptors (Lipinski definition) is 4. The molecule has 3 aliphatic rings. The summed E-state index contributed by atoms with van der Waals surface area (Å²) in [5.74, 6) is 0. The van der Waals surface area contributed by atoms with Crippen LogP contribution < -0.4 is 5.32 Å². The topological polar surface area (TPSA) is 44.7 Å². The lowest BCUT2D eigenvalue weighted by molar-refractivity contribution is -0.135. The number of aryl methyl sites for hydroxylation is 1. The molecule has 1 unspecified atom stereocenters. The molecule has 132 valence electrons. The van der Waals surface area contributed by atoms with Gasteiger partial charge in [-0.3, -0.25) is 4.90 Å². The molecule has 3 fully saturated rings. The van der Waals surface area contributed by atoms with Crippen molar-refractivity contribution >= 4 is 0 Å². The summed E-state index contributed by atoms with van der Waals surface area (Å²) < 4.78 is 5.51. The Bertz CT molecular complexity index is 567. The van der Waals surface area contributed by atoms with E-state index in [9.17, 15) is 5.11 Å². The quantitative estimate of drug-likeness (QED) is 0.869. The molecule has 1 aromatic carbocycles. The number of rotatable bonds is 5. The zero-order chi connectivity index (χ0) is 16.6. The molecule has 1 aromatic rings. The van der Waals surface area contributed by atoms with Crippen molar-refractivity contribution < 1.29 is 9.84 Å². The zero-order valence-electron chi connectivity index (χ0n) is 14.7. The molecule has 1 spiro atoms. The maximum atomic E-state index is 10.5. The molecule has 2 saturated carbocycles. The van der Waals surface area contributed by atoms with E-state index in [4.69, 9.17) is 4.74 Å². The summed E-state index contributed by atoms with van der Waals surface area (Å²) in [7, 11) is 0. The summed E-state index contributed by atoms with van der Waals surface area (Å²) in [6, 6.07) is 9.51. The summed E-state index contributed by atoms with van der Waals surface area (Å²) in [5, 5.41) is 14.2. The van der Waals surface area contributed by atoms with Crippen molar-refractivity contribution in [2.75, 3.05) is 32.8 Å². The number of hydrogen-bond donors (Lipinski definition) is 2. The van der Waals surface area contributed by atoms with Gasteiger partial charge in [0, 0.05) is 37.1 Å². The van der Waals surface area contributed by atoms with Gasteiger partial charge in [-0.25, -0.2) is 0 Å². The van der Waals surface area contributed by atoms with Crippen LogP contribution in [-0.2, 0) is 4.74 Å². The summed E-state index contributed by atoms with van der Waals surface area (Å²) in [6.07, 6.45) is 4.85. The fourth-order valence-electron chi connectivity index (χ4n) is 4.97. The molecule has 0 amide bonds. The Kier molecular flexibility index (Phi) is 4.65. The average molecular weight is 330 g/mol. The van der Waals surface area contributed by atoms with Crippen molar-refractivity contribution in [1.82, 2.24) is 10.2 Å². The number of aliphatic hydroxyl groups excluding tert-OH is 1. The predicted octanol–water partition coefficient (Wildman–Crippen LogP) is 2.26. The first-order valence-corrected chi connectivity index (χ1v) is 9.49. The lowest BCUT2D eigenvalue weighted by atomic mass is 9.49. The molecule has 0 bridgehead atoms. The molecular formula is C20H30N2O2. The van der Waals surface area contributed by atoms with E-state index < -0.39 is 6.10 Å². The molecule has 3 atom stereocenters. The van der Waals surface area contributed by atoms with Crippen LogP contribution in [-0.4, -0.2) is 54.9 Å². The normalized spacial score (nSPS) is 30.6. The first-order chi connectivity index (χ1) is 11.7. The Morgan fingerprint density at radius 2 is 2.12 bits per heavy atom. The number of ether oxygens (including phenoxy) is 1. The minimum atomic E-state index is -0.413. The molecule has 1 saturated heterocycles. The van der Waals surface area contributed by atoms with E-state index in [1.807, 2.05) is 12.1 Å². The first-order valence-electron chi connectivity index (χ1n) is 9.49. The SMILES string of the molecule is Cc1cccc(C(O)CN[C@@H]2C[C@@H](N3CCOCC3)C23CCC3)c1. The number of aliphatic hydroxyl groups is 1. The van der Waals surface area contributed by atoms with Crippen LogP contribution in [0.3, 0.4) is 0 Å². The summed E-state index contributed by atoms with van der Waals surface area (Å²) in [5.41, 5.74) is 2.69. The van der Waals surface area contributed by atoms with Gasteiger partial charge in [0.2, 0.25) is 0 Å². The summed E-state index contributed by atoms with van der Waals surface area (Å²) in [6.45, 7) is 6.68. The third kappa shape index (κ3) is 2.90. The fourth-order valence-corrected chi connectivity index (χ4v) is 4.97. The Labute approximate surface area is 145 Å². The first kappa shape index (κ1) is 16.5. The third-order valence-electron chi connectivity index (χ3n) is 6.57. The Morgan fingerprint density at radius 3 is 2.79 bits per heavy atom. The Morgan fingerprint density at radius 1 is 1.33 bits per heavy atom. The van der Waals surface area contributed by atoms with Gasteiger partial charge < -0.3 is 15.2 Å². The molecule has 2 N–H and O–H groups in total. The highest BCUT2D eigenvalue weighted by molar-refractivity contribution is 5.24. The summed E-state index contributed by atoms with van der Waals surface area (Å²) >= 11 is 0. The van der Waals surface area contributed by atoms with Gasteiger partial charge in [-0.15, -0.1) is 0 Å². The minimum Gasteiger partial charge on any atom is -0.387 e. The van der Waals surface area contributed by atoms with E-state index in [-0.39, 0.29) is 0 Å². The zero-order valence-corrected chi connectivity index (χ0v) is 14.7. The van der Waals surface area contributed by atoms with E-state index in [0.29, 0.717) is 18.0 Å². The number of benzene rings is 1. The molecule has 1 aliphatic heterocycles. The van der Waals surface area contributed by atoms with E-state index >= 15 is 0 Å². The average Bonchev–Trinajstić information content (AvgIpc) is 2.53. The largest absolute Gasteiger partial charge is 0.387 e. The highest BCUT2D eigenvalue weighted by Gasteiger charge is 2.59. The second-order valence-electron chi connectivity index (χ2n) is 7.88. The fraction of sp³-hybridized carbons (Fsp3) is 0.700. The van der Waals surface area contributed by atoms with Gasteiger partial charge >= 0.3 is 0 Å². The van der Waals surface area contributed by atoms with Gasteiger partial charge in [0.05, 0.1) is 19.3 Å². The third-order valence-corrected chi connectivity index (χ3v) is 6.57. The van der Waals surface area contributed by atoms with Crippen molar-refractivity contribution in [3.05, 3.63) is 35.4 Å². The van der Waals surface area contributed by atoms with E-state index in [0.717, 1.165) is 37.9 Å². The van der Waals surface area contributed by atoms with Gasteiger partial charge in [0.25, 0.3) is 0 Å². The second-order valence-corrected chi connectivity index (χ2v) is 7.88. The van der Waals surface area contributed by atoms with Gasteiger partial charge in [-0.2, -0.15) is 0 Å². The van der Waals surface area contributed by atoms with Crippen molar-refractivity contribution in [1.29, 1.82) is 0 Å². The molecule has 4 rings (SSSR count). The lowest BCUT2D eigenvalue weighted by Crippen LogP contribution is -2.72. The number of nitrogens with one attached hydrogen (secondary N) is 1. The van der Waals surface area contributed by atoms with Crippen LogP contribution in [0.4, 0.5) is 0 Å². The molecule has 0 aromatic heterocycles. The van der Waals surface area contributed by atoms with Gasteiger partial charge in [-0.05, 0) is 31.7 Å². The van der Waals surface area contributed by atoms with Crippen molar-refractivity contribution in [2.24, 2.45) is 5.41 Å². The van der Waals surface area contributed by atoms with Gasteiger partial charge in [0.15, 0.2) is 0 Å². The minimum absolute atomic E-state index is 0.413. The highest BCUT2D eigenvalue weighted by Crippen LogP contribution is 2.58. The predicted molar refractivity (Wildman–Crippen MR) is 95.0 cm³/mol. The number of nitrogens with zero attached hydrogens (tertiary/aromatic N) is 1. The van der Waals surface area contributed by atoms with E-state index in [2.05, 4.69) is 29.3 Å². The Balaban J connectivity index is 1.34. The van der Waals surface area contributed by atoms with Gasteiger partial charge in [0.1, 0.15) is 0 Å². The van der Waals surface area contributed by atoms with E-state index in [1.165, 1.54) is 31.2 Å². The second kappa shape index (κ2) is 6.75. The summed E-state index contributed by atoms with van der Waals surface area (Å²) in [4.78, 5) is 2.65. The van der Waals surface area contributed by atoms with Gasteiger partial charge in [-0.1, -0.05) is 36.2 Å². The molecule has 2 aliphatic carbocycles. The number of morpholine rings is 1. The molecule has 1 heterocycles. The van der Waals surface area contributed by atoms with Crippen LogP contribution in [0.1, 0.15) is 42.9 Å². The maximum absolute atomic E-state index is 10.5. The maximum Gasteiger partial charge on any atom is 0.0914 e. The van der Waals surface area contributed by atoms with Crippen molar-refractivity contribution in [2.45, 2.75) is 50.8 Å². The van der Waals surface area contributed by atoms with Crippen LogP contribution in [0, 0.1) is 12.3 Å². The smallest absolute Gasteiger partial charge is 0.0914 e. The highest BCUT2D eigenvalue weighted by atomic mass is 16.5. The molecule has 4 heteroatoms. The van der Waals surface area contributed by atoms with Crippen LogP contribution in [0.5, 0.6) is 0 Å². The molecule has 0 radical (unpaired) electrons. The standard InChI is InChI=1S/C20H30N2O2/c1-15-4-2-5-16(12-15)17(23)14-21-18-13-19(20(18)6-3-7-20)22-8-10-24-11-9-22/h2,4-5,12,17-19,21,23H,3,6-11,13-14H2,1H3/t17?,18-,19-/m1/s1. The monoisotopic (exact) mass is 330 g/mol. The van der Waals surface area contributed by atoms with Crippen molar-refractivity contribution in [3.8, 4) is 0 Å². The van der Waals surface area contributed by atoms with Crippen LogP contribution >= 0.6 is 0 Å². The van der Waals surface area contributed by atoms with Crippen molar-refractivity contribution in [3.63, 3.8) is 0 Å². The van der Waals surface area contributed by atoms with Crippen LogP contribution in [0.15, 0.2) is 24.3 Å². The van der Waals surface area contributed by atoms with Crippen LogP contribution in [0.2, 0.25) is 0 Å². The van der Waals surface area contributed by atoms with Crippen LogP contribution in [0.25, 0.3) is 0 Å². The lowest BCUT2D eigenvalue weighted by Gasteiger charge is -2.65.